The van der Waals surface area contributed by atoms with Crippen molar-refractivity contribution in [3.8, 4) is 5.75 Å². The van der Waals surface area contributed by atoms with Gasteiger partial charge in [-0.25, -0.2) is 0 Å². The lowest BCUT2D eigenvalue weighted by molar-refractivity contribution is -0.384. The summed E-state index contributed by atoms with van der Waals surface area (Å²) in [4.78, 5) is 10.3. The molecule has 3 aromatic rings. The Hall–Kier alpha value is -2.51. The van der Waals surface area contributed by atoms with Crippen molar-refractivity contribution in [3.63, 3.8) is 0 Å². The molecule has 6 nitrogen and oxygen atoms in total. The van der Waals surface area contributed by atoms with Crippen molar-refractivity contribution in [1.29, 1.82) is 0 Å². The zero-order valence-corrected chi connectivity index (χ0v) is 18.8. The molecule has 0 fully saturated rings. The Morgan fingerprint density at radius 3 is 2.39 bits per heavy atom. The van der Waals surface area contributed by atoms with Crippen LogP contribution in [0, 0.1) is 10.1 Å². The minimum Gasteiger partial charge on any atom is -0.489 e. The first kappa shape index (κ1) is 24.8. The van der Waals surface area contributed by atoms with Crippen molar-refractivity contribution in [2.24, 2.45) is 0 Å². The second kappa shape index (κ2) is 12.4. The Morgan fingerprint density at radius 1 is 0.935 bits per heavy atom. The summed E-state index contributed by atoms with van der Waals surface area (Å²) < 4.78 is 5.96. The van der Waals surface area contributed by atoms with Gasteiger partial charge in [0.05, 0.1) is 4.92 Å². The van der Waals surface area contributed by atoms with E-state index in [9.17, 15) is 10.1 Å². The molecule has 0 saturated carbocycles. The molecule has 2 N–H and O–H groups in total. The van der Waals surface area contributed by atoms with Crippen molar-refractivity contribution >= 4 is 47.0 Å². The number of halogens is 3. The lowest BCUT2D eigenvalue weighted by atomic mass is 10.2. The first-order valence-electron chi connectivity index (χ1n) is 9.36. The fourth-order valence-electron chi connectivity index (χ4n) is 2.82. The van der Waals surface area contributed by atoms with Crippen LogP contribution in [0.2, 0.25) is 10.0 Å². The topological polar surface area (TPSA) is 76.4 Å². The molecule has 0 amide bonds. The Labute approximate surface area is 197 Å². The van der Waals surface area contributed by atoms with Gasteiger partial charge in [0.25, 0.3) is 5.69 Å². The van der Waals surface area contributed by atoms with Gasteiger partial charge in [-0.3, -0.25) is 10.1 Å². The fourth-order valence-corrected chi connectivity index (χ4v) is 3.20. The molecule has 9 heteroatoms. The summed E-state index contributed by atoms with van der Waals surface area (Å²) in [6.07, 6.45) is 0. The van der Waals surface area contributed by atoms with Crippen molar-refractivity contribution in [2.45, 2.75) is 13.2 Å². The number of nitrogens with zero attached hydrogens (tertiary/aromatic N) is 1. The standard InChI is InChI=1S/C22H21Cl2N3O3.ClH/c23-18-5-10-22(30-15-16-3-1-2-4-21(16)24)17(13-18)14-25-11-12-26-19-6-8-20(9-7-19)27(28)29;/h1-10,13,25-26H,11-12,14-15H2;1H. The Kier molecular flexibility index (Phi) is 9.88. The van der Waals surface area contributed by atoms with E-state index >= 15 is 0 Å². The summed E-state index contributed by atoms with van der Waals surface area (Å²) in [5, 5.41) is 18.6. The van der Waals surface area contributed by atoms with Gasteiger partial charge in [-0.05, 0) is 36.4 Å². The molecule has 3 aromatic carbocycles. The van der Waals surface area contributed by atoms with E-state index in [4.69, 9.17) is 27.9 Å². The Morgan fingerprint density at radius 2 is 1.68 bits per heavy atom. The number of nitro groups is 1. The quantitative estimate of drug-likeness (QED) is 0.207. The van der Waals surface area contributed by atoms with Crippen LogP contribution in [0.4, 0.5) is 11.4 Å². The van der Waals surface area contributed by atoms with Gasteiger partial charge in [0.1, 0.15) is 12.4 Å². The van der Waals surface area contributed by atoms with Gasteiger partial charge in [0.2, 0.25) is 0 Å². The average molecular weight is 483 g/mol. The lowest BCUT2D eigenvalue weighted by Gasteiger charge is -2.14. The fraction of sp³-hybridized carbons (Fsp3) is 0.182. The van der Waals surface area contributed by atoms with Crippen LogP contribution in [0.5, 0.6) is 5.75 Å². The molecule has 0 bridgehead atoms. The molecule has 0 aliphatic rings. The number of hydrogen-bond acceptors (Lipinski definition) is 5. The van der Waals surface area contributed by atoms with Crippen LogP contribution in [-0.2, 0) is 13.2 Å². The number of nitro benzene ring substituents is 1. The number of hydrogen-bond donors (Lipinski definition) is 2. The number of anilines is 1. The van der Waals surface area contributed by atoms with E-state index in [2.05, 4.69) is 10.6 Å². The molecule has 0 aliphatic heterocycles. The zero-order valence-electron chi connectivity index (χ0n) is 16.5. The summed E-state index contributed by atoms with van der Waals surface area (Å²) >= 11 is 12.3. The largest absolute Gasteiger partial charge is 0.489 e. The second-order valence-corrected chi connectivity index (χ2v) is 7.38. The predicted molar refractivity (Wildman–Crippen MR) is 128 cm³/mol. The van der Waals surface area contributed by atoms with Crippen LogP contribution >= 0.6 is 35.6 Å². The van der Waals surface area contributed by atoms with Crippen LogP contribution in [0.25, 0.3) is 0 Å². The molecular formula is C22H22Cl3N3O3. The molecule has 0 unspecified atom stereocenters. The van der Waals surface area contributed by atoms with E-state index in [1.165, 1.54) is 12.1 Å². The van der Waals surface area contributed by atoms with Crippen LogP contribution in [-0.4, -0.2) is 18.0 Å². The van der Waals surface area contributed by atoms with E-state index in [0.717, 1.165) is 22.6 Å². The first-order chi connectivity index (χ1) is 14.5. The third kappa shape index (κ3) is 7.60. The van der Waals surface area contributed by atoms with Gasteiger partial charge in [-0.2, -0.15) is 0 Å². The van der Waals surface area contributed by atoms with Crippen LogP contribution in [0.3, 0.4) is 0 Å². The van der Waals surface area contributed by atoms with E-state index in [1.54, 1.807) is 18.2 Å². The number of rotatable bonds is 10. The van der Waals surface area contributed by atoms with Gasteiger partial charge >= 0.3 is 0 Å². The predicted octanol–water partition coefficient (Wildman–Crippen LogP) is 6.10. The molecule has 0 heterocycles. The van der Waals surface area contributed by atoms with Crippen LogP contribution < -0.4 is 15.4 Å². The maximum Gasteiger partial charge on any atom is 0.269 e. The van der Waals surface area contributed by atoms with E-state index in [1.807, 2.05) is 36.4 Å². The van der Waals surface area contributed by atoms with Crippen LogP contribution in [0.1, 0.15) is 11.1 Å². The number of nitrogens with one attached hydrogen (secondary N) is 2. The van der Waals surface area contributed by atoms with Crippen molar-refractivity contribution in [1.82, 2.24) is 5.32 Å². The van der Waals surface area contributed by atoms with Gasteiger partial charge in [-0.15, -0.1) is 12.4 Å². The maximum absolute atomic E-state index is 10.7. The number of non-ortho nitro benzene ring substituents is 1. The van der Waals surface area contributed by atoms with E-state index in [-0.39, 0.29) is 18.1 Å². The average Bonchev–Trinajstić information content (AvgIpc) is 2.74. The van der Waals surface area contributed by atoms with E-state index in [0.29, 0.717) is 36.3 Å². The summed E-state index contributed by atoms with van der Waals surface area (Å²) in [6, 6.07) is 19.4. The summed E-state index contributed by atoms with van der Waals surface area (Å²) in [6.45, 7) is 2.30. The highest BCUT2D eigenvalue weighted by atomic mass is 35.5. The van der Waals surface area contributed by atoms with Gasteiger partial charge in [-0.1, -0.05) is 41.4 Å². The minimum absolute atomic E-state index is 0. The summed E-state index contributed by atoms with van der Waals surface area (Å²) in [5.74, 6) is 0.746. The molecule has 0 saturated heterocycles. The highest BCUT2D eigenvalue weighted by Crippen LogP contribution is 2.25. The second-order valence-electron chi connectivity index (χ2n) is 6.54. The van der Waals surface area contributed by atoms with Gasteiger partial charge < -0.3 is 15.4 Å². The SMILES string of the molecule is Cl.O=[N+]([O-])c1ccc(NCCNCc2cc(Cl)ccc2OCc2ccccc2Cl)cc1. The maximum atomic E-state index is 10.7. The number of ether oxygens (including phenoxy) is 1. The zero-order chi connectivity index (χ0) is 21.3. The molecule has 0 atom stereocenters. The molecule has 0 aliphatic carbocycles. The molecule has 0 radical (unpaired) electrons. The van der Waals surface area contributed by atoms with Gasteiger partial charge in [0.15, 0.2) is 0 Å². The van der Waals surface area contributed by atoms with Crippen molar-refractivity contribution in [3.05, 3.63) is 98.0 Å². The third-order valence-corrected chi connectivity index (χ3v) is 4.99. The molecule has 3 rings (SSSR count). The highest BCUT2D eigenvalue weighted by Gasteiger charge is 2.07. The molecular weight excluding hydrogens is 461 g/mol. The normalized spacial score (nSPS) is 10.3. The third-order valence-electron chi connectivity index (χ3n) is 4.39. The first-order valence-corrected chi connectivity index (χ1v) is 10.1. The molecule has 0 spiro atoms. The summed E-state index contributed by atoms with van der Waals surface area (Å²) in [5.41, 5.74) is 2.77. The van der Waals surface area contributed by atoms with Crippen molar-refractivity contribution < 1.29 is 9.66 Å². The molecule has 0 aromatic heterocycles. The lowest BCUT2D eigenvalue weighted by Crippen LogP contribution is -2.22. The highest BCUT2D eigenvalue weighted by molar-refractivity contribution is 6.31. The van der Waals surface area contributed by atoms with Crippen molar-refractivity contribution in [2.75, 3.05) is 18.4 Å². The van der Waals surface area contributed by atoms with Gasteiger partial charge in [0, 0.05) is 58.6 Å². The summed E-state index contributed by atoms with van der Waals surface area (Å²) in [7, 11) is 0. The molecule has 164 valence electrons. The van der Waals surface area contributed by atoms with Crippen LogP contribution in [0.15, 0.2) is 66.7 Å². The van der Waals surface area contributed by atoms with E-state index < -0.39 is 4.92 Å². The number of benzene rings is 3. The smallest absolute Gasteiger partial charge is 0.269 e. The monoisotopic (exact) mass is 481 g/mol. The Bertz CT molecular complexity index is 1000. The minimum atomic E-state index is -0.415. The molecule has 31 heavy (non-hydrogen) atoms. The Balaban J connectivity index is 0.00000341.